The van der Waals surface area contributed by atoms with Gasteiger partial charge in [-0.25, -0.2) is 9.78 Å². The van der Waals surface area contributed by atoms with Gasteiger partial charge in [0.1, 0.15) is 11.4 Å². The van der Waals surface area contributed by atoms with Gasteiger partial charge in [-0.05, 0) is 6.07 Å². The van der Waals surface area contributed by atoms with E-state index in [0.29, 0.717) is 37.1 Å². The molecule has 86 valence electrons. The van der Waals surface area contributed by atoms with E-state index in [-0.39, 0.29) is 5.56 Å². The number of pyridine rings is 1. The minimum Gasteiger partial charge on any atom is -0.478 e. The molecule has 1 fully saturated rings. The largest absolute Gasteiger partial charge is 0.478 e. The van der Waals surface area contributed by atoms with Gasteiger partial charge in [0.05, 0.1) is 18.2 Å². The fraction of sp³-hybridized carbons (Fsp3) is 0.400. The first kappa shape index (κ1) is 11.2. The lowest BCUT2D eigenvalue weighted by Crippen LogP contribution is -2.37. The summed E-state index contributed by atoms with van der Waals surface area (Å²) >= 11 is 5.73. The van der Waals surface area contributed by atoms with E-state index in [1.807, 2.05) is 4.90 Å². The first-order chi connectivity index (χ1) is 7.68. The summed E-state index contributed by atoms with van der Waals surface area (Å²) in [6, 6.07) is 1.42. The number of hydrogen-bond acceptors (Lipinski definition) is 4. The van der Waals surface area contributed by atoms with Gasteiger partial charge in [0.2, 0.25) is 0 Å². The number of carboxylic acid groups (broad SMARTS) is 1. The van der Waals surface area contributed by atoms with Gasteiger partial charge in [-0.1, -0.05) is 11.6 Å². The molecule has 0 saturated carbocycles. The van der Waals surface area contributed by atoms with Crippen molar-refractivity contribution in [3.8, 4) is 0 Å². The summed E-state index contributed by atoms with van der Waals surface area (Å²) in [7, 11) is 0. The molecule has 0 spiro atoms. The average Bonchev–Trinajstić information content (AvgIpc) is 2.30. The number of aromatic nitrogens is 1. The van der Waals surface area contributed by atoms with Crippen LogP contribution in [0.1, 0.15) is 10.4 Å². The Hall–Kier alpha value is -1.33. The third-order valence-corrected chi connectivity index (χ3v) is 2.58. The van der Waals surface area contributed by atoms with Crippen LogP contribution >= 0.6 is 11.6 Å². The van der Waals surface area contributed by atoms with E-state index in [4.69, 9.17) is 21.4 Å². The fourth-order valence-corrected chi connectivity index (χ4v) is 1.77. The molecule has 0 aromatic carbocycles. The van der Waals surface area contributed by atoms with Crippen molar-refractivity contribution in [2.45, 2.75) is 0 Å². The Balaban J connectivity index is 2.34. The second-order valence-electron chi connectivity index (χ2n) is 3.43. The summed E-state index contributed by atoms with van der Waals surface area (Å²) in [5.74, 6) is -0.559. The molecule has 0 bridgehead atoms. The number of hydrogen-bond donors (Lipinski definition) is 1. The Morgan fingerprint density at radius 3 is 2.81 bits per heavy atom. The highest BCUT2D eigenvalue weighted by Crippen LogP contribution is 2.22. The maximum absolute atomic E-state index is 11.1. The maximum atomic E-state index is 11.1. The van der Waals surface area contributed by atoms with Crippen LogP contribution in [0.5, 0.6) is 0 Å². The predicted octanol–water partition coefficient (Wildman–Crippen LogP) is 1.27. The molecule has 2 rings (SSSR count). The minimum atomic E-state index is -1.02. The molecule has 0 unspecified atom stereocenters. The van der Waals surface area contributed by atoms with Gasteiger partial charge in [-0.2, -0.15) is 0 Å². The van der Waals surface area contributed by atoms with Crippen molar-refractivity contribution in [1.82, 2.24) is 4.98 Å². The van der Waals surface area contributed by atoms with Crippen LogP contribution in [0, 0.1) is 0 Å². The molecule has 6 heteroatoms. The highest BCUT2D eigenvalue weighted by atomic mass is 35.5. The molecular formula is C10H11ClN2O3. The predicted molar refractivity (Wildman–Crippen MR) is 59.2 cm³/mol. The first-order valence-corrected chi connectivity index (χ1v) is 5.28. The number of anilines is 1. The fourth-order valence-electron chi connectivity index (χ4n) is 1.62. The second kappa shape index (κ2) is 4.67. The molecule has 1 aliphatic rings. The lowest BCUT2D eigenvalue weighted by molar-refractivity contribution is 0.0696. The van der Waals surface area contributed by atoms with E-state index >= 15 is 0 Å². The Morgan fingerprint density at radius 2 is 2.19 bits per heavy atom. The molecule has 16 heavy (non-hydrogen) atoms. The molecule has 5 nitrogen and oxygen atoms in total. The summed E-state index contributed by atoms with van der Waals surface area (Å²) < 4.78 is 5.20. The van der Waals surface area contributed by atoms with E-state index in [0.717, 1.165) is 0 Å². The van der Waals surface area contributed by atoms with Crippen LogP contribution in [-0.4, -0.2) is 42.4 Å². The Labute approximate surface area is 97.6 Å². The van der Waals surface area contributed by atoms with Crippen molar-refractivity contribution < 1.29 is 14.6 Å². The molecule has 1 aromatic rings. The van der Waals surface area contributed by atoms with Gasteiger partial charge in [0, 0.05) is 19.3 Å². The Kier molecular flexibility index (Phi) is 3.26. The molecule has 1 saturated heterocycles. The zero-order chi connectivity index (χ0) is 11.5. The van der Waals surface area contributed by atoms with Crippen LogP contribution in [0.4, 0.5) is 5.82 Å². The first-order valence-electron chi connectivity index (χ1n) is 4.90. The SMILES string of the molecule is O=C(O)c1cc(Cl)cnc1N1CCOCC1. The standard InChI is InChI=1S/C10H11ClN2O3/c11-7-5-8(10(14)15)9(12-6-7)13-1-3-16-4-2-13/h5-6H,1-4H2,(H,14,15). The highest BCUT2D eigenvalue weighted by molar-refractivity contribution is 6.30. The monoisotopic (exact) mass is 242 g/mol. The number of aromatic carboxylic acids is 1. The van der Waals surface area contributed by atoms with Crippen molar-refractivity contribution in [3.63, 3.8) is 0 Å². The molecule has 0 amide bonds. The molecule has 0 aliphatic carbocycles. The van der Waals surface area contributed by atoms with Crippen LogP contribution < -0.4 is 4.90 Å². The van der Waals surface area contributed by atoms with E-state index in [1.54, 1.807) is 0 Å². The summed E-state index contributed by atoms with van der Waals surface area (Å²) in [5.41, 5.74) is 0.134. The van der Waals surface area contributed by atoms with Crippen LogP contribution in [0.15, 0.2) is 12.3 Å². The molecular weight excluding hydrogens is 232 g/mol. The zero-order valence-electron chi connectivity index (χ0n) is 8.52. The molecule has 0 atom stereocenters. The average molecular weight is 243 g/mol. The maximum Gasteiger partial charge on any atom is 0.339 e. The third kappa shape index (κ3) is 2.25. The number of carboxylic acids is 1. The molecule has 0 radical (unpaired) electrons. The van der Waals surface area contributed by atoms with E-state index < -0.39 is 5.97 Å². The number of ether oxygens (including phenoxy) is 1. The van der Waals surface area contributed by atoms with Gasteiger partial charge < -0.3 is 14.7 Å². The summed E-state index contributed by atoms with van der Waals surface area (Å²) in [5, 5.41) is 9.39. The topological polar surface area (TPSA) is 62.7 Å². The molecule has 1 aromatic heterocycles. The quantitative estimate of drug-likeness (QED) is 0.846. The highest BCUT2D eigenvalue weighted by Gasteiger charge is 2.19. The normalized spacial score (nSPS) is 16.2. The summed E-state index contributed by atoms with van der Waals surface area (Å²) in [4.78, 5) is 17.0. The smallest absolute Gasteiger partial charge is 0.339 e. The van der Waals surface area contributed by atoms with Crippen LogP contribution in [-0.2, 0) is 4.74 Å². The van der Waals surface area contributed by atoms with Crippen molar-refractivity contribution in [2.75, 3.05) is 31.2 Å². The van der Waals surface area contributed by atoms with Crippen molar-refractivity contribution in [2.24, 2.45) is 0 Å². The number of halogens is 1. The Bertz CT molecular complexity index is 405. The van der Waals surface area contributed by atoms with Crippen molar-refractivity contribution in [1.29, 1.82) is 0 Å². The van der Waals surface area contributed by atoms with Gasteiger partial charge in [-0.15, -0.1) is 0 Å². The van der Waals surface area contributed by atoms with E-state index in [2.05, 4.69) is 4.98 Å². The second-order valence-corrected chi connectivity index (χ2v) is 3.87. The van der Waals surface area contributed by atoms with E-state index in [1.165, 1.54) is 12.3 Å². The molecule has 1 N–H and O–H groups in total. The third-order valence-electron chi connectivity index (χ3n) is 2.37. The molecule has 1 aliphatic heterocycles. The van der Waals surface area contributed by atoms with Gasteiger partial charge in [-0.3, -0.25) is 0 Å². The lowest BCUT2D eigenvalue weighted by atomic mass is 10.2. The van der Waals surface area contributed by atoms with Crippen LogP contribution in [0.3, 0.4) is 0 Å². The van der Waals surface area contributed by atoms with Gasteiger partial charge >= 0.3 is 5.97 Å². The number of carbonyl (C=O) groups is 1. The number of rotatable bonds is 2. The summed E-state index contributed by atoms with van der Waals surface area (Å²) in [6.07, 6.45) is 1.46. The van der Waals surface area contributed by atoms with Gasteiger partial charge in [0.25, 0.3) is 0 Å². The Morgan fingerprint density at radius 1 is 1.50 bits per heavy atom. The molecule has 2 heterocycles. The lowest BCUT2D eigenvalue weighted by Gasteiger charge is -2.28. The number of nitrogens with zero attached hydrogens (tertiary/aromatic N) is 2. The zero-order valence-corrected chi connectivity index (χ0v) is 9.28. The van der Waals surface area contributed by atoms with Crippen molar-refractivity contribution in [3.05, 3.63) is 22.8 Å². The van der Waals surface area contributed by atoms with E-state index in [9.17, 15) is 4.79 Å². The van der Waals surface area contributed by atoms with Crippen LogP contribution in [0.25, 0.3) is 0 Å². The van der Waals surface area contributed by atoms with Crippen molar-refractivity contribution >= 4 is 23.4 Å². The van der Waals surface area contributed by atoms with Crippen LogP contribution in [0.2, 0.25) is 5.02 Å². The van der Waals surface area contributed by atoms with Gasteiger partial charge in [0.15, 0.2) is 0 Å². The summed E-state index contributed by atoms with van der Waals surface area (Å²) in [6.45, 7) is 2.47. The number of morpholine rings is 1. The minimum absolute atomic E-state index is 0.134.